The molecule has 6 nitrogen and oxygen atoms in total. The number of carbonyl (C=O) groups excluding carboxylic acids is 1. The van der Waals surface area contributed by atoms with Gasteiger partial charge in [0.25, 0.3) is 11.6 Å². The van der Waals surface area contributed by atoms with Crippen molar-refractivity contribution in [3.63, 3.8) is 0 Å². The summed E-state index contributed by atoms with van der Waals surface area (Å²) in [7, 11) is 0. The molecule has 1 amide bonds. The molecule has 8 heteroatoms. The van der Waals surface area contributed by atoms with Gasteiger partial charge in [0.2, 0.25) is 0 Å². The molecule has 2 rings (SSSR count). The number of nitro groups is 1. The molecule has 0 radical (unpaired) electrons. The Morgan fingerprint density at radius 3 is 2.81 bits per heavy atom. The lowest BCUT2D eigenvalue weighted by Gasteiger charge is -2.08. The molecule has 0 saturated carbocycles. The minimum Gasteiger partial charge on any atom is -0.343 e. The molecular weight excluding hydrogens is 345 g/mol. The molecule has 1 heterocycles. The lowest BCUT2D eigenvalue weighted by molar-refractivity contribution is -0.384. The van der Waals surface area contributed by atoms with E-state index in [0.717, 1.165) is 16.6 Å². The van der Waals surface area contributed by atoms with Crippen LogP contribution in [0.3, 0.4) is 0 Å². The van der Waals surface area contributed by atoms with Gasteiger partial charge in [-0.25, -0.2) is 4.39 Å². The molecule has 0 aliphatic carbocycles. The highest BCUT2D eigenvalue weighted by Crippen LogP contribution is 2.26. The Kier molecular flexibility index (Phi) is 4.37. The van der Waals surface area contributed by atoms with E-state index in [9.17, 15) is 19.3 Å². The lowest BCUT2D eigenvalue weighted by Crippen LogP contribution is -2.17. The van der Waals surface area contributed by atoms with Gasteiger partial charge in [0.1, 0.15) is 17.2 Å². The summed E-state index contributed by atoms with van der Waals surface area (Å²) in [4.78, 5) is 22.3. The molecule has 0 atom stereocenters. The predicted molar refractivity (Wildman–Crippen MR) is 78.8 cm³/mol. The van der Waals surface area contributed by atoms with Gasteiger partial charge in [-0.05, 0) is 41.1 Å². The highest BCUT2D eigenvalue weighted by atomic mass is 79.9. The maximum atomic E-state index is 13.1. The Balaban J connectivity index is 2.33. The van der Waals surface area contributed by atoms with Crippen LogP contribution in [0.15, 0.2) is 34.9 Å². The number of benzene rings is 1. The van der Waals surface area contributed by atoms with Crippen molar-refractivity contribution < 1.29 is 14.1 Å². The van der Waals surface area contributed by atoms with Crippen LogP contribution in [0, 0.1) is 15.9 Å². The summed E-state index contributed by atoms with van der Waals surface area (Å²) in [6.07, 6.45) is 1.73. The highest BCUT2D eigenvalue weighted by Gasteiger charge is 2.19. The van der Waals surface area contributed by atoms with Crippen LogP contribution < -0.4 is 5.32 Å². The number of hydrogen-bond acceptors (Lipinski definition) is 3. The molecule has 0 spiro atoms. The topological polar surface area (TPSA) is 77.2 Å². The fourth-order valence-corrected chi connectivity index (χ4v) is 2.34. The van der Waals surface area contributed by atoms with Gasteiger partial charge in [-0.3, -0.25) is 14.9 Å². The number of nitrogens with zero attached hydrogens (tertiary/aromatic N) is 2. The number of amides is 1. The quantitative estimate of drug-likeness (QED) is 0.672. The summed E-state index contributed by atoms with van der Waals surface area (Å²) in [6.45, 7) is 2.43. The summed E-state index contributed by atoms with van der Waals surface area (Å²) < 4.78 is 15.5. The first-order chi connectivity index (χ1) is 9.92. The van der Waals surface area contributed by atoms with E-state index in [4.69, 9.17) is 0 Å². The molecule has 1 N–H and O–H groups in total. The number of nitro benzene ring substituents is 1. The zero-order valence-corrected chi connectivity index (χ0v) is 12.6. The maximum absolute atomic E-state index is 13.1. The normalized spacial score (nSPS) is 10.4. The smallest absolute Gasteiger partial charge is 0.295 e. The third-order valence-electron chi connectivity index (χ3n) is 2.84. The second kappa shape index (κ2) is 6.04. The molecular formula is C13H11BrFN3O3. The van der Waals surface area contributed by atoms with Crippen LogP contribution in [0.4, 0.5) is 15.8 Å². The summed E-state index contributed by atoms with van der Waals surface area (Å²) in [5.74, 6) is -1.24. The standard InChI is InChI=1S/C13H11BrFN3O3/c1-2-17-7-8(14)5-12(17)13(19)16-10-4-3-9(15)6-11(10)18(20)21/h3-7H,2H2,1H3,(H,16,19). The molecule has 1 aromatic heterocycles. The van der Waals surface area contributed by atoms with Gasteiger partial charge in [-0.1, -0.05) is 0 Å². The SMILES string of the molecule is CCn1cc(Br)cc1C(=O)Nc1ccc(F)cc1[N+](=O)[O-]. The van der Waals surface area contributed by atoms with E-state index in [2.05, 4.69) is 21.2 Å². The first-order valence-corrected chi connectivity index (χ1v) is 6.82. The molecule has 0 unspecified atom stereocenters. The minimum absolute atomic E-state index is 0.0497. The second-order valence-corrected chi connectivity index (χ2v) is 5.12. The van der Waals surface area contributed by atoms with Gasteiger partial charge in [0, 0.05) is 17.2 Å². The molecule has 1 aromatic carbocycles. The molecule has 21 heavy (non-hydrogen) atoms. The average molecular weight is 356 g/mol. The molecule has 0 saturated heterocycles. The van der Waals surface area contributed by atoms with Crippen LogP contribution in [0.25, 0.3) is 0 Å². The Morgan fingerprint density at radius 1 is 1.48 bits per heavy atom. The summed E-state index contributed by atoms with van der Waals surface area (Å²) in [5, 5.41) is 13.3. The molecule has 0 aliphatic heterocycles. The fourth-order valence-electron chi connectivity index (χ4n) is 1.87. The highest BCUT2D eigenvalue weighted by molar-refractivity contribution is 9.10. The van der Waals surface area contributed by atoms with Crippen LogP contribution in [0.1, 0.15) is 17.4 Å². The van der Waals surface area contributed by atoms with Crippen molar-refractivity contribution in [2.24, 2.45) is 0 Å². The van der Waals surface area contributed by atoms with Crippen LogP contribution in [-0.4, -0.2) is 15.4 Å². The lowest BCUT2D eigenvalue weighted by atomic mass is 10.2. The second-order valence-electron chi connectivity index (χ2n) is 4.20. The number of aryl methyl sites for hydroxylation is 1. The first kappa shape index (κ1) is 15.2. The number of hydrogen-bond donors (Lipinski definition) is 1. The van der Waals surface area contributed by atoms with Gasteiger partial charge >= 0.3 is 0 Å². The first-order valence-electron chi connectivity index (χ1n) is 6.03. The van der Waals surface area contributed by atoms with Crippen molar-refractivity contribution in [1.82, 2.24) is 4.57 Å². The molecule has 0 aliphatic rings. The van der Waals surface area contributed by atoms with E-state index < -0.39 is 22.3 Å². The van der Waals surface area contributed by atoms with Crippen molar-refractivity contribution in [1.29, 1.82) is 0 Å². The monoisotopic (exact) mass is 355 g/mol. The van der Waals surface area contributed by atoms with Gasteiger partial charge in [-0.2, -0.15) is 0 Å². The van der Waals surface area contributed by atoms with Gasteiger partial charge in [0.05, 0.1) is 11.0 Å². The van der Waals surface area contributed by atoms with Crippen molar-refractivity contribution in [2.75, 3.05) is 5.32 Å². The Labute approximate surface area is 127 Å². The van der Waals surface area contributed by atoms with E-state index in [-0.39, 0.29) is 5.69 Å². The predicted octanol–water partition coefficient (Wildman–Crippen LogP) is 3.57. The largest absolute Gasteiger partial charge is 0.343 e. The van der Waals surface area contributed by atoms with Crippen LogP contribution >= 0.6 is 15.9 Å². The van der Waals surface area contributed by atoms with E-state index in [1.807, 2.05) is 6.92 Å². The summed E-state index contributed by atoms with van der Waals surface area (Å²) in [5.41, 5.74) is -0.189. The van der Waals surface area contributed by atoms with Crippen molar-refractivity contribution in [2.45, 2.75) is 13.5 Å². The van der Waals surface area contributed by atoms with Gasteiger partial charge in [-0.15, -0.1) is 0 Å². The number of carbonyl (C=O) groups is 1. The van der Waals surface area contributed by atoms with Crippen molar-refractivity contribution >= 4 is 33.2 Å². The van der Waals surface area contributed by atoms with E-state index >= 15 is 0 Å². The summed E-state index contributed by atoms with van der Waals surface area (Å²) in [6, 6.07) is 4.59. The van der Waals surface area contributed by atoms with Gasteiger partial charge < -0.3 is 9.88 Å². The molecule has 110 valence electrons. The van der Waals surface area contributed by atoms with E-state index in [1.54, 1.807) is 16.8 Å². The van der Waals surface area contributed by atoms with E-state index in [0.29, 0.717) is 12.2 Å². The van der Waals surface area contributed by atoms with Gasteiger partial charge in [0.15, 0.2) is 0 Å². The van der Waals surface area contributed by atoms with Crippen LogP contribution in [0.2, 0.25) is 0 Å². The Morgan fingerprint density at radius 2 is 2.19 bits per heavy atom. The van der Waals surface area contributed by atoms with Crippen molar-refractivity contribution in [3.8, 4) is 0 Å². The average Bonchev–Trinajstić information content (AvgIpc) is 2.81. The summed E-state index contributed by atoms with van der Waals surface area (Å²) >= 11 is 3.27. The fraction of sp³-hybridized carbons (Fsp3) is 0.154. The Hall–Kier alpha value is -2.22. The maximum Gasteiger partial charge on any atom is 0.295 e. The number of nitrogens with one attached hydrogen (secondary N) is 1. The Bertz CT molecular complexity index is 715. The number of rotatable bonds is 4. The third-order valence-corrected chi connectivity index (χ3v) is 3.27. The zero-order chi connectivity index (χ0) is 15.6. The third kappa shape index (κ3) is 3.27. The number of aromatic nitrogens is 1. The van der Waals surface area contributed by atoms with E-state index in [1.165, 1.54) is 6.07 Å². The number of anilines is 1. The molecule has 2 aromatic rings. The molecule has 0 fully saturated rings. The van der Waals surface area contributed by atoms with Crippen LogP contribution in [-0.2, 0) is 6.54 Å². The molecule has 0 bridgehead atoms. The van der Waals surface area contributed by atoms with Crippen molar-refractivity contribution in [3.05, 3.63) is 56.6 Å². The number of halogens is 2. The zero-order valence-electron chi connectivity index (χ0n) is 11.0. The minimum atomic E-state index is -0.743. The van der Waals surface area contributed by atoms with Crippen LogP contribution in [0.5, 0.6) is 0 Å².